The molecule has 23 heavy (non-hydrogen) atoms. The maximum absolute atomic E-state index is 12.6. The van der Waals surface area contributed by atoms with Gasteiger partial charge in [0.25, 0.3) is 0 Å². The van der Waals surface area contributed by atoms with E-state index in [1.165, 1.54) is 0 Å². The molecule has 0 aromatic carbocycles. The van der Waals surface area contributed by atoms with Crippen molar-refractivity contribution in [1.29, 1.82) is 0 Å². The van der Waals surface area contributed by atoms with Crippen LogP contribution in [-0.2, 0) is 14.3 Å². The van der Waals surface area contributed by atoms with E-state index in [1.807, 2.05) is 19.1 Å². The van der Waals surface area contributed by atoms with Crippen molar-refractivity contribution in [2.75, 3.05) is 6.61 Å². The Kier molecular flexibility index (Phi) is 4.37. The van der Waals surface area contributed by atoms with E-state index in [1.54, 1.807) is 19.3 Å². The van der Waals surface area contributed by atoms with Gasteiger partial charge in [-0.25, -0.2) is 4.79 Å². The molecule has 2 atom stereocenters. The molecule has 1 aromatic heterocycles. The minimum Gasteiger partial charge on any atom is -0.463 e. The van der Waals surface area contributed by atoms with Gasteiger partial charge in [-0.3, -0.25) is 14.8 Å². The van der Waals surface area contributed by atoms with E-state index in [0.717, 1.165) is 24.1 Å². The Labute approximate surface area is 135 Å². The first kappa shape index (κ1) is 15.6. The Morgan fingerprint density at radius 1 is 1.35 bits per heavy atom. The summed E-state index contributed by atoms with van der Waals surface area (Å²) in [6.07, 6.45) is 5.58. The first-order valence-electron chi connectivity index (χ1n) is 8.01. The Bertz CT molecular complexity index is 691. The lowest BCUT2D eigenvalue weighted by Gasteiger charge is -2.35. The number of rotatable bonds is 3. The molecule has 0 radical (unpaired) electrons. The van der Waals surface area contributed by atoms with Gasteiger partial charge < -0.3 is 4.74 Å². The third kappa shape index (κ3) is 2.83. The summed E-state index contributed by atoms with van der Waals surface area (Å²) < 4.78 is 5.22. The van der Waals surface area contributed by atoms with Gasteiger partial charge in [-0.05, 0) is 38.3 Å². The number of ketones is 1. The lowest BCUT2D eigenvalue weighted by molar-refractivity contribution is -0.139. The molecule has 5 nitrogen and oxygen atoms in total. The molecule has 3 rings (SSSR count). The minimum absolute atomic E-state index is 0.151. The van der Waals surface area contributed by atoms with Crippen molar-refractivity contribution < 1.29 is 14.3 Å². The lowest BCUT2D eigenvalue weighted by Crippen LogP contribution is -2.39. The van der Waals surface area contributed by atoms with Crippen LogP contribution >= 0.6 is 0 Å². The third-order valence-electron chi connectivity index (χ3n) is 4.45. The van der Waals surface area contributed by atoms with Crippen molar-refractivity contribution in [3.63, 3.8) is 0 Å². The van der Waals surface area contributed by atoms with Crippen LogP contribution in [0.2, 0.25) is 0 Å². The Balaban J connectivity index is 2.14. The molecule has 0 spiro atoms. The smallest absolute Gasteiger partial charge is 0.336 e. The van der Waals surface area contributed by atoms with E-state index in [2.05, 4.69) is 9.98 Å². The summed E-state index contributed by atoms with van der Waals surface area (Å²) in [4.78, 5) is 33.8. The normalized spacial score (nSPS) is 24.1. The number of fused-ring (bicyclic) bond motifs is 1. The van der Waals surface area contributed by atoms with Crippen LogP contribution in [0.15, 0.2) is 40.8 Å². The molecule has 5 heteroatoms. The van der Waals surface area contributed by atoms with Gasteiger partial charge in [-0.2, -0.15) is 0 Å². The van der Waals surface area contributed by atoms with Crippen molar-refractivity contribution in [2.45, 2.75) is 39.0 Å². The predicted octanol–water partition coefficient (Wildman–Crippen LogP) is 2.83. The van der Waals surface area contributed by atoms with Gasteiger partial charge in [-0.1, -0.05) is 6.07 Å². The van der Waals surface area contributed by atoms with Gasteiger partial charge in [0.1, 0.15) is 5.78 Å². The molecule has 0 unspecified atom stereocenters. The van der Waals surface area contributed by atoms with Crippen molar-refractivity contribution >= 4 is 17.5 Å². The first-order chi connectivity index (χ1) is 11.1. The van der Waals surface area contributed by atoms with Crippen LogP contribution in [0, 0.1) is 5.92 Å². The molecular formula is C18H20N2O3. The molecule has 1 aliphatic carbocycles. The van der Waals surface area contributed by atoms with E-state index in [0.29, 0.717) is 24.3 Å². The van der Waals surface area contributed by atoms with Crippen LogP contribution in [0.3, 0.4) is 0 Å². The average Bonchev–Trinajstić information content (AvgIpc) is 2.54. The Morgan fingerprint density at radius 3 is 2.87 bits per heavy atom. The van der Waals surface area contributed by atoms with Crippen molar-refractivity contribution in [3.05, 3.63) is 41.4 Å². The minimum atomic E-state index is -0.389. The summed E-state index contributed by atoms with van der Waals surface area (Å²) >= 11 is 0. The zero-order valence-corrected chi connectivity index (χ0v) is 13.4. The number of allylic oxidation sites excluding steroid dienone is 1. The monoisotopic (exact) mass is 312 g/mol. The molecule has 0 amide bonds. The predicted molar refractivity (Wildman–Crippen MR) is 86.1 cm³/mol. The second-order valence-corrected chi connectivity index (χ2v) is 5.88. The number of nitrogens with zero attached hydrogens (tertiary/aromatic N) is 2. The maximum Gasteiger partial charge on any atom is 0.336 e. The van der Waals surface area contributed by atoms with Crippen LogP contribution in [0.5, 0.6) is 0 Å². The van der Waals surface area contributed by atoms with Crippen LogP contribution in [0.25, 0.3) is 0 Å². The van der Waals surface area contributed by atoms with Gasteiger partial charge in [0.15, 0.2) is 0 Å². The number of hydrogen-bond donors (Lipinski definition) is 0. The average molecular weight is 312 g/mol. The van der Waals surface area contributed by atoms with Gasteiger partial charge in [0, 0.05) is 36.1 Å². The van der Waals surface area contributed by atoms with Crippen molar-refractivity contribution in [2.24, 2.45) is 10.9 Å². The van der Waals surface area contributed by atoms with E-state index in [-0.39, 0.29) is 23.6 Å². The number of carbonyl (C=O) groups is 2. The van der Waals surface area contributed by atoms with Gasteiger partial charge >= 0.3 is 5.97 Å². The van der Waals surface area contributed by atoms with E-state index >= 15 is 0 Å². The summed E-state index contributed by atoms with van der Waals surface area (Å²) in [6.45, 7) is 3.89. The van der Waals surface area contributed by atoms with Gasteiger partial charge in [0.05, 0.1) is 18.1 Å². The summed E-state index contributed by atoms with van der Waals surface area (Å²) in [6, 6.07) is 3.74. The van der Waals surface area contributed by atoms with E-state index in [4.69, 9.17) is 4.74 Å². The highest BCUT2D eigenvalue weighted by Crippen LogP contribution is 2.42. The molecular weight excluding hydrogens is 292 g/mol. The molecule has 2 aliphatic rings. The standard InChI is InChI=1S/C18H20N2O3/c1-3-23-18(22)15-11(2)20-13-7-4-8-14(21)17(13)16(15)12-6-5-9-19-10-12/h5-6,9-10,16-17H,3-4,7-8H2,1-2H3/t16-,17+/m0/s1. The fraction of sp³-hybridized carbons (Fsp3) is 0.444. The second kappa shape index (κ2) is 6.44. The number of Topliss-reactive ketones (excluding diaryl/α,β-unsaturated/α-hetero) is 1. The fourth-order valence-electron chi connectivity index (χ4n) is 3.51. The highest BCUT2D eigenvalue weighted by molar-refractivity contribution is 6.11. The fourth-order valence-corrected chi connectivity index (χ4v) is 3.51. The molecule has 0 bridgehead atoms. The second-order valence-electron chi connectivity index (χ2n) is 5.88. The number of pyridine rings is 1. The Hall–Kier alpha value is -2.30. The number of esters is 1. The van der Waals surface area contributed by atoms with Gasteiger partial charge in [-0.15, -0.1) is 0 Å². The highest BCUT2D eigenvalue weighted by atomic mass is 16.5. The number of aromatic nitrogens is 1. The molecule has 1 aliphatic heterocycles. The summed E-state index contributed by atoms with van der Waals surface area (Å²) in [5, 5.41) is 0. The van der Waals surface area contributed by atoms with E-state index < -0.39 is 0 Å². The lowest BCUT2D eigenvalue weighted by atomic mass is 9.70. The highest BCUT2D eigenvalue weighted by Gasteiger charge is 2.43. The topological polar surface area (TPSA) is 68.6 Å². The zero-order valence-electron chi connectivity index (χ0n) is 13.4. The molecule has 0 saturated heterocycles. The van der Waals surface area contributed by atoms with Crippen molar-refractivity contribution in [1.82, 2.24) is 4.98 Å². The SMILES string of the molecule is CCOC(=O)C1=C(C)N=C2CCCC(=O)[C@@H]2[C@H]1c1cccnc1. The quantitative estimate of drug-likeness (QED) is 0.805. The number of hydrogen-bond acceptors (Lipinski definition) is 5. The first-order valence-corrected chi connectivity index (χ1v) is 8.01. The molecule has 1 saturated carbocycles. The molecule has 2 heterocycles. The summed E-state index contributed by atoms with van der Waals surface area (Å²) in [7, 11) is 0. The largest absolute Gasteiger partial charge is 0.463 e. The summed E-state index contributed by atoms with van der Waals surface area (Å²) in [5.74, 6) is -0.947. The van der Waals surface area contributed by atoms with Crippen LogP contribution < -0.4 is 0 Å². The van der Waals surface area contributed by atoms with Gasteiger partial charge in [0.2, 0.25) is 0 Å². The molecule has 1 aromatic rings. The molecule has 0 N–H and O–H groups in total. The van der Waals surface area contributed by atoms with Crippen LogP contribution in [0.1, 0.15) is 44.6 Å². The van der Waals surface area contributed by atoms with Crippen molar-refractivity contribution in [3.8, 4) is 0 Å². The van der Waals surface area contributed by atoms with Crippen LogP contribution in [-0.4, -0.2) is 29.1 Å². The molecule has 1 fully saturated rings. The number of aliphatic imine (C=N–C) groups is 1. The third-order valence-corrected chi connectivity index (χ3v) is 4.45. The Morgan fingerprint density at radius 2 is 2.17 bits per heavy atom. The van der Waals surface area contributed by atoms with Crippen LogP contribution in [0.4, 0.5) is 0 Å². The summed E-state index contributed by atoms with van der Waals surface area (Å²) in [5.41, 5.74) is 2.89. The number of ether oxygens (including phenoxy) is 1. The van der Waals surface area contributed by atoms with E-state index in [9.17, 15) is 9.59 Å². The zero-order chi connectivity index (χ0) is 16.4. The molecule has 120 valence electrons. The maximum atomic E-state index is 12.6. The number of carbonyl (C=O) groups excluding carboxylic acids is 2.